The maximum absolute atomic E-state index is 11.6. The van der Waals surface area contributed by atoms with Crippen molar-refractivity contribution < 1.29 is 9.59 Å². The van der Waals surface area contributed by atoms with E-state index in [-0.39, 0.29) is 0 Å². The van der Waals surface area contributed by atoms with Crippen LogP contribution in [0.4, 0.5) is 11.4 Å². The second-order valence-corrected chi connectivity index (χ2v) is 6.79. The molecule has 1 unspecified atom stereocenters. The number of carbonyl (C=O) groups is 2. The molecule has 1 fully saturated rings. The van der Waals surface area contributed by atoms with Crippen LogP contribution in [0.2, 0.25) is 5.02 Å². The third-order valence-electron chi connectivity index (χ3n) is 3.72. The first-order valence-corrected chi connectivity index (χ1v) is 8.08. The summed E-state index contributed by atoms with van der Waals surface area (Å²) < 4.78 is 0. The Morgan fingerprint density at radius 3 is 3.00 bits per heavy atom. The van der Waals surface area contributed by atoms with Crippen molar-refractivity contribution in [2.24, 2.45) is 0 Å². The first-order valence-electron chi connectivity index (χ1n) is 6.66. The van der Waals surface area contributed by atoms with Gasteiger partial charge in [-0.15, -0.1) is 0 Å². The number of nitrogens with zero attached hydrogens (tertiary/aromatic N) is 1. The summed E-state index contributed by atoms with van der Waals surface area (Å²) >= 11 is 8.29. The molecule has 2 heterocycles. The molecule has 1 amide bonds. The Hall–Kier alpha value is -1.20. The molecule has 1 N–H and O–H groups in total. The zero-order valence-corrected chi connectivity index (χ0v) is 12.7. The lowest BCUT2D eigenvalue weighted by molar-refractivity contribution is -0.112. The highest BCUT2D eigenvalue weighted by Gasteiger charge is 2.30. The van der Waals surface area contributed by atoms with Gasteiger partial charge in [-0.05, 0) is 18.6 Å². The Balaban J connectivity index is 1.93. The lowest BCUT2D eigenvalue weighted by Gasteiger charge is -2.34. The fraction of sp³-hybridized carbons (Fsp3) is 0.429. The Morgan fingerprint density at radius 2 is 2.25 bits per heavy atom. The number of hydrogen-bond donors (Lipinski definition) is 1. The first kappa shape index (κ1) is 13.8. The molecule has 1 saturated heterocycles. The van der Waals surface area contributed by atoms with Crippen LogP contribution in [0.3, 0.4) is 0 Å². The number of thioether (sulfide) groups is 1. The lowest BCUT2D eigenvalue weighted by Crippen LogP contribution is -2.37. The van der Waals surface area contributed by atoms with Crippen molar-refractivity contribution >= 4 is 46.4 Å². The molecule has 0 aliphatic carbocycles. The van der Waals surface area contributed by atoms with Crippen molar-refractivity contribution in [1.29, 1.82) is 0 Å². The quantitative estimate of drug-likeness (QED) is 0.853. The van der Waals surface area contributed by atoms with E-state index < -0.39 is 11.7 Å². The summed E-state index contributed by atoms with van der Waals surface area (Å²) in [6.45, 7) is 4.06. The molecule has 20 heavy (non-hydrogen) atoms. The Bertz CT molecular complexity index is 591. The highest BCUT2D eigenvalue weighted by atomic mass is 35.5. The molecule has 4 nitrogen and oxygen atoms in total. The van der Waals surface area contributed by atoms with Gasteiger partial charge in [-0.2, -0.15) is 11.8 Å². The van der Waals surface area contributed by atoms with Crippen LogP contribution in [-0.4, -0.2) is 35.8 Å². The molecular weight excluding hydrogens is 296 g/mol. The monoisotopic (exact) mass is 310 g/mol. The van der Waals surface area contributed by atoms with Crippen LogP contribution >= 0.6 is 23.4 Å². The van der Waals surface area contributed by atoms with Gasteiger partial charge in [-0.3, -0.25) is 9.59 Å². The van der Waals surface area contributed by atoms with Crippen LogP contribution in [0.15, 0.2) is 12.1 Å². The number of amides is 1. The number of fused-ring (bicyclic) bond motifs is 1. The van der Waals surface area contributed by atoms with Crippen molar-refractivity contribution in [2.75, 3.05) is 29.1 Å². The second kappa shape index (κ2) is 5.30. The van der Waals surface area contributed by atoms with E-state index in [0.717, 1.165) is 31.0 Å². The molecule has 0 spiro atoms. The van der Waals surface area contributed by atoms with Crippen LogP contribution in [0.1, 0.15) is 23.7 Å². The summed E-state index contributed by atoms with van der Waals surface area (Å²) in [7, 11) is 0. The van der Waals surface area contributed by atoms with Gasteiger partial charge in [-0.25, -0.2) is 0 Å². The van der Waals surface area contributed by atoms with E-state index in [1.165, 1.54) is 0 Å². The van der Waals surface area contributed by atoms with Crippen LogP contribution in [-0.2, 0) is 4.79 Å². The molecule has 2 aliphatic rings. The standard InChI is InChI=1S/C14H15ClN2O2S/c1-2-8-7-17(3-4-20-8)12-6-11-9(5-10(12)15)13(18)14(19)16-11/h5-6,8H,2-4,7H2,1H3,(H,16,18,19). The van der Waals surface area contributed by atoms with Gasteiger partial charge in [0.25, 0.3) is 11.7 Å². The zero-order chi connectivity index (χ0) is 14.3. The maximum atomic E-state index is 11.6. The minimum Gasteiger partial charge on any atom is -0.368 e. The van der Waals surface area contributed by atoms with E-state index in [1.54, 1.807) is 6.07 Å². The number of carbonyl (C=O) groups excluding carboxylic acids is 2. The van der Waals surface area contributed by atoms with Crippen molar-refractivity contribution in [3.8, 4) is 0 Å². The average molecular weight is 311 g/mol. The molecule has 0 aromatic heterocycles. The number of hydrogen-bond acceptors (Lipinski definition) is 4. The van der Waals surface area contributed by atoms with Crippen molar-refractivity contribution in [3.05, 3.63) is 22.7 Å². The molecule has 106 valence electrons. The topological polar surface area (TPSA) is 49.4 Å². The smallest absolute Gasteiger partial charge is 0.296 e. The van der Waals surface area contributed by atoms with E-state index in [4.69, 9.17) is 11.6 Å². The molecule has 1 aromatic rings. The number of ketones is 1. The SMILES string of the molecule is CCC1CN(c2cc3c(cc2Cl)C(=O)C(=O)N3)CCS1. The number of benzene rings is 1. The molecule has 0 saturated carbocycles. The predicted octanol–water partition coefficient (Wildman–Crippen LogP) is 2.81. The van der Waals surface area contributed by atoms with Gasteiger partial charge < -0.3 is 10.2 Å². The summed E-state index contributed by atoms with van der Waals surface area (Å²) in [6.07, 6.45) is 1.12. The molecule has 1 aromatic carbocycles. The van der Waals surface area contributed by atoms with Gasteiger partial charge in [0.15, 0.2) is 0 Å². The summed E-state index contributed by atoms with van der Waals surface area (Å²) in [4.78, 5) is 25.3. The fourth-order valence-corrected chi connectivity index (χ4v) is 4.05. The minimum absolute atomic E-state index is 0.377. The summed E-state index contributed by atoms with van der Waals surface area (Å²) in [5, 5.41) is 3.74. The molecule has 0 radical (unpaired) electrons. The third-order valence-corrected chi connectivity index (χ3v) is 5.40. The molecule has 2 aliphatic heterocycles. The molecular formula is C14H15ClN2O2S. The minimum atomic E-state index is -0.575. The highest BCUT2D eigenvalue weighted by Crippen LogP contribution is 2.37. The number of anilines is 2. The van der Waals surface area contributed by atoms with E-state index in [9.17, 15) is 9.59 Å². The van der Waals surface area contributed by atoms with Gasteiger partial charge in [0.1, 0.15) is 0 Å². The van der Waals surface area contributed by atoms with Gasteiger partial charge in [0.2, 0.25) is 0 Å². The van der Waals surface area contributed by atoms with E-state index >= 15 is 0 Å². The Labute approximate surface area is 126 Å². The van der Waals surface area contributed by atoms with Gasteiger partial charge in [0.05, 0.1) is 22.0 Å². The largest absolute Gasteiger partial charge is 0.368 e. The van der Waals surface area contributed by atoms with Crippen LogP contribution in [0, 0.1) is 0 Å². The fourth-order valence-electron chi connectivity index (χ4n) is 2.58. The van der Waals surface area contributed by atoms with Gasteiger partial charge in [0, 0.05) is 24.1 Å². The number of Topliss-reactive ketones (excluding diaryl/α,β-unsaturated/α-hetero) is 1. The van der Waals surface area contributed by atoms with Crippen LogP contribution < -0.4 is 10.2 Å². The highest BCUT2D eigenvalue weighted by molar-refractivity contribution is 8.00. The molecule has 1 atom stereocenters. The normalized spacial score (nSPS) is 21.9. The third kappa shape index (κ3) is 2.29. The molecule has 6 heteroatoms. The maximum Gasteiger partial charge on any atom is 0.296 e. The average Bonchev–Trinajstić information content (AvgIpc) is 2.73. The number of rotatable bonds is 2. The number of halogens is 1. The van der Waals surface area contributed by atoms with Crippen molar-refractivity contribution in [1.82, 2.24) is 0 Å². The Kier molecular flexibility index (Phi) is 3.65. The van der Waals surface area contributed by atoms with E-state index in [2.05, 4.69) is 17.1 Å². The van der Waals surface area contributed by atoms with E-state index in [0.29, 0.717) is 21.5 Å². The zero-order valence-electron chi connectivity index (χ0n) is 11.1. The van der Waals surface area contributed by atoms with Gasteiger partial charge in [-0.1, -0.05) is 18.5 Å². The molecule has 0 bridgehead atoms. The lowest BCUT2D eigenvalue weighted by atomic mass is 10.1. The summed E-state index contributed by atoms with van der Waals surface area (Å²) in [5.41, 5.74) is 1.85. The molecule has 3 rings (SSSR count). The van der Waals surface area contributed by atoms with Crippen molar-refractivity contribution in [3.63, 3.8) is 0 Å². The van der Waals surface area contributed by atoms with Crippen LogP contribution in [0.5, 0.6) is 0 Å². The Morgan fingerprint density at radius 1 is 1.45 bits per heavy atom. The van der Waals surface area contributed by atoms with Crippen molar-refractivity contribution in [2.45, 2.75) is 18.6 Å². The summed E-state index contributed by atoms with van der Waals surface area (Å²) in [5.74, 6) is -0.0139. The first-order chi connectivity index (χ1) is 9.60. The van der Waals surface area contributed by atoms with Crippen LogP contribution in [0.25, 0.3) is 0 Å². The number of nitrogens with one attached hydrogen (secondary N) is 1. The predicted molar refractivity (Wildman–Crippen MR) is 83.2 cm³/mol. The van der Waals surface area contributed by atoms with Gasteiger partial charge >= 0.3 is 0 Å². The summed E-state index contributed by atoms with van der Waals surface area (Å²) in [6, 6.07) is 3.43. The second-order valence-electron chi connectivity index (χ2n) is 4.98. The van der Waals surface area contributed by atoms with E-state index in [1.807, 2.05) is 17.8 Å².